The minimum atomic E-state index is -2.90. The number of hydrogen-bond acceptors (Lipinski definition) is 3. The molecule has 1 amide bonds. The lowest BCUT2D eigenvalue weighted by molar-refractivity contribution is 0.103. The lowest BCUT2D eigenvalue weighted by Crippen LogP contribution is -2.26. The quantitative estimate of drug-likeness (QED) is 0.872. The molecule has 2 aromatic rings. The highest BCUT2D eigenvalue weighted by atomic mass is 32.1. The van der Waals surface area contributed by atoms with E-state index in [9.17, 15) is 31.5 Å². The standard InChI is InChI=1S/C12H7F5N2O2S/c13-6-2-8(22-10(6)17)11(20)18-5-1-7(14)12(21)19(3-5)4-9(15)16/h1-3,9H,4H2,(H,18,20). The topological polar surface area (TPSA) is 51.1 Å². The Hall–Kier alpha value is -2.23. The Labute approximate surface area is 123 Å². The van der Waals surface area contributed by atoms with Crippen LogP contribution in [0.3, 0.4) is 0 Å². The van der Waals surface area contributed by atoms with Crippen LogP contribution in [-0.4, -0.2) is 16.9 Å². The fourth-order valence-electron chi connectivity index (χ4n) is 1.60. The predicted molar refractivity (Wildman–Crippen MR) is 68.9 cm³/mol. The first-order chi connectivity index (χ1) is 10.3. The number of rotatable bonds is 4. The lowest BCUT2D eigenvalue weighted by Gasteiger charge is -2.09. The number of thiophene rings is 1. The van der Waals surface area contributed by atoms with Gasteiger partial charge >= 0.3 is 0 Å². The zero-order valence-electron chi connectivity index (χ0n) is 10.6. The summed E-state index contributed by atoms with van der Waals surface area (Å²) in [4.78, 5) is 22.7. The van der Waals surface area contributed by atoms with E-state index >= 15 is 0 Å². The van der Waals surface area contributed by atoms with Crippen LogP contribution >= 0.6 is 11.3 Å². The van der Waals surface area contributed by atoms with Gasteiger partial charge < -0.3 is 9.88 Å². The van der Waals surface area contributed by atoms with Crippen molar-refractivity contribution >= 4 is 22.9 Å². The number of alkyl halides is 2. The number of nitrogens with zero attached hydrogens (tertiary/aromatic N) is 1. The van der Waals surface area contributed by atoms with E-state index in [1.807, 2.05) is 0 Å². The minimum Gasteiger partial charge on any atom is -0.320 e. The molecule has 0 radical (unpaired) electrons. The molecule has 2 aromatic heterocycles. The monoisotopic (exact) mass is 338 g/mol. The van der Waals surface area contributed by atoms with Crippen LogP contribution in [0.5, 0.6) is 0 Å². The number of nitrogens with one attached hydrogen (secondary N) is 1. The molecule has 22 heavy (non-hydrogen) atoms. The molecular formula is C12H7F5N2O2S. The fourth-order valence-corrected chi connectivity index (χ4v) is 2.26. The Morgan fingerprint density at radius 2 is 1.91 bits per heavy atom. The SMILES string of the molecule is O=C(Nc1cc(F)c(=O)n(CC(F)F)c1)c1cc(F)c(F)s1. The van der Waals surface area contributed by atoms with Crippen molar-refractivity contribution in [2.24, 2.45) is 0 Å². The molecule has 2 rings (SSSR count). The molecule has 0 saturated carbocycles. The molecule has 10 heteroatoms. The van der Waals surface area contributed by atoms with Crippen molar-refractivity contribution in [3.63, 3.8) is 0 Å². The maximum Gasteiger partial charge on any atom is 0.286 e. The second-order valence-electron chi connectivity index (χ2n) is 4.11. The third-order valence-electron chi connectivity index (χ3n) is 2.50. The van der Waals surface area contributed by atoms with Crippen molar-refractivity contribution in [1.29, 1.82) is 0 Å². The normalized spacial score (nSPS) is 11.0. The van der Waals surface area contributed by atoms with Crippen LogP contribution in [0.4, 0.5) is 27.6 Å². The third kappa shape index (κ3) is 3.50. The van der Waals surface area contributed by atoms with E-state index in [0.29, 0.717) is 16.7 Å². The van der Waals surface area contributed by atoms with E-state index in [1.54, 1.807) is 0 Å². The summed E-state index contributed by atoms with van der Waals surface area (Å²) in [6.07, 6.45) is -2.08. The van der Waals surface area contributed by atoms with E-state index in [4.69, 9.17) is 0 Å². The van der Waals surface area contributed by atoms with Crippen molar-refractivity contribution in [3.8, 4) is 0 Å². The number of carbonyl (C=O) groups is 1. The average Bonchev–Trinajstić information content (AvgIpc) is 2.75. The second-order valence-corrected chi connectivity index (χ2v) is 5.11. The highest BCUT2D eigenvalue weighted by Crippen LogP contribution is 2.20. The van der Waals surface area contributed by atoms with E-state index in [0.717, 1.165) is 6.20 Å². The van der Waals surface area contributed by atoms with Crippen LogP contribution in [0.1, 0.15) is 9.67 Å². The van der Waals surface area contributed by atoms with Gasteiger partial charge in [0.2, 0.25) is 5.13 Å². The molecule has 0 aromatic carbocycles. The maximum atomic E-state index is 13.4. The summed E-state index contributed by atoms with van der Waals surface area (Å²) in [6, 6.07) is 1.27. The first kappa shape index (κ1) is 16.1. The van der Waals surface area contributed by atoms with Crippen LogP contribution < -0.4 is 10.9 Å². The fraction of sp³-hybridized carbons (Fsp3) is 0.167. The second kappa shape index (κ2) is 6.26. The van der Waals surface area contributed by atoms with Crippen LogP contribution in [0.15, 0.2) is 23.1 Å². The van der Waals surface area contributed by atoms with Gasteiger partial charge in [-0.2, -0.15) is 4.39 Å². The van der Waals surface area contributed by atoms with Crippen LogP contribution in [0.25, 0.3) is 0 Å². The molecule has 0 aliphatic heterocycles. The first-order valence-corrected chi connectivity index (χ1v) is 6.54. The Kier molecular flexibility index (Phi) is 4.59. The number of aromatic nitrogens is 1. The summed E-state index contributed by atoms with van der Waals surface area (Å²) in [5.74, 6) is -3.53. The van der Waals surface area contributed by atoms with Gasteiger partial charge in [0.1, 0.15) is 0 Å². The molecule has 0 atom stereocenters. The smallest absolute Gasteiger partial charge is 0.286 e. The third-order valence-corrected chi connectivity index (χ3v) is 3.40. The molecule has 0 unspecified atom stereocenters. The summed E-state index contributed by atoms with van der Waals surface area (Å²) in [6.45, 7) is -1.05. The van der Waals surface area contributed by atoms with Gasteiger partial charge in [0.15, 0.2) is 11.6 Å². The lowest BCUT2D eigenvalue weighted by atomic mass is 10.3. The maximum absolute atomic E-state index is 13.4. The molecule has 0 spiro atoms. The van der Waals surface area contributed by atoms with Crippen molar-refractivity contribution < 1.29 is 26.7 Å². The van der Waals surface area contributed by atoms with Gasteiger partial charge in [-0.25, -0.2) is 17.6 Å². The van der Waals surface area contributed by atoms with Gasteiger partial charge in [-0.1, -0.05) is 11.3 Å². The zero-order valence-corrected chi connectivity index (χ0v) is 11.4. The summed E-state index contributed by atoms with van der Waals surface area (Å²) in [5, 5.41) is 0.879. The highest BCUT2D eigenvalue weighted by molar-refractivity contribution is 7.12. The Bertz CT molecular complexity index is 752. The van der Waals surface area contributed by atoms with Crippen LogP contribution in [0, 0.1) is 16.8 Å². The largest absolute Gasteiger partial charge is 0.320 e. The number of hydrogen-bond donors (Lipinski definition) is 1. The summed E-state index contributed by atoms with van der Waals surface area (Å²) < 4.78 is 64.0. The number of halogens is 5. The van der Waals surface area contributed by atoms with Crippen molar-refractivity contribution in [2.75, 3.05) is 5.32 Å². The summed E-state index contributed by atoms with van der Waals surface area (Å²) in [7, 11) is 0. The Morgan fingerprint density at radius 1 is 1.23 bits per heavy atom. The minimum absolute atomic E-state index is 0.228. The molecule has 0 aliphatic rings. The van der Waals surface area contributed by atoms with Gasteiger partial charge in [0.05, 0.1) is 17.1 Å². The van der Waals surface area contributed by atoms with Crippen molar-refractivity contribution in [3.05, 3.63) is 50.3 Å². The van der Waals surface area contributed by atoms with Gasteiger partial charge in [-0.05, 0) is 0 Å². The number of pyridine rings is 1. The van der Waals surface area contributed by atoms with Crippen LogP contribution in [0.2, 0.25) is 0 Å². The van der Waals surface area contributed by atoms with E-state index in [-0.39, 0.29) is 21.9 Å². The molecule has 4 nitrogen and oxygen atoms in total. The summed E-state index contributed by atoms with van der Waals surface area (Å²) in [5.41, 5.74) is -1.57. The van der Waals surface area contributed by atoms with Gasteiger partial charge in [0.25, 0.3) is 17.9 Å². The van der Waals surface area contributed by atoms with Crippen LogP contribution in [-0.2, 0) is 6.54 Å². The molecule has 0 saturated heterocycles. The molecule has 0 aliphatic carbocycles. The van der Waals surface area contributed by atoms with Gasteiger partial charge in [-0.3, -0.25) is 9.59 Å². The molecule has 0 bridgehead atoms. The summed E-state index contributed by atoms with van der Waals surface area (Å²) >= 11 is 0.228. The number of anilines is 1. The predicted octanol–water partition coefficient (Wildman–Crippen LogP) is 2.84. The Balaban J connectivity index is 2.27. The molecule has 1 N–H and O–H groups in total. The van der Waals surface area contributed by atoms with Gasteiger partial charge in [0, 0.05) is 18.3 Å². The average molecular weight is 338 g/mol. The molecule has 118 valence electrons. The number of carbonyl (C=O) groups excluding carboxylic acids is 1. The van der Waals surface area contributed by atoms with Gasteiger partial charge in [-0.15, -0.1) is 0 Å². The molecular weight excluding hydrogens is 331 g/mol. The zero-order chi connectivity index (χ0) is 16.4. The number of amides is 1. The van der Waals surface area contributed by atoms with Crippen molar-refractivity contribution in [2.45, 2.75) is 13.0 Å². The Morgan fingerprint density at radius 3 is 2.45 bits per heavy atom. The molecule has 0 fully saturated rings. The highest BCUT2D eigenvalue weighted by Gasteiger charge is 2.16. The first-order valence-electron chi connectivity index (χ1n) is 5.72. The molecule has 2 heterocycles. The van der Waals surface area contributed by atoms with Crippen molar-refractivity contribution in [1.82, 2.24) is 4.57 Å². The van der Waals surface area contributed by atoms with E-state index in [2.05, 4.69) is 5.32 Å². The van der Waals surface area contributed by atoms with E-state index in [1.165, 1.54) is 0 Å². The van der Waals surface area contributed by atoms with E-state index < -0.39 is 41.2 Å².